The molecule has 0 saturated heterocycles. The van der Waals surface area contributed by atoms with Gasteiger partial charge < -0.3 is 9.15 Å². The number of halogens is 2. The number of thiazole rings is 1. The van der Waals surface area contributed by atoms with Crippen molar-refractivity contribution in [1.29, 1.82) is 0 Å². The third kappa shape index (κ3) is 4.15. The molecule has 0 saturated carbocycles. The monoisotopic (exact) mass is 444 g/mol. The van der Waals surface area contributed by atoms with Crippen molar-refractivity contribution in [3.05, 3.63) is 75.8 Å². The highest BCUT2D eigenvalue weighted by molar-refractivity contribution is 7.14. The van der Waals surface area contributed by atoms with Crippen LogP contribution in [-0.2, 0) is 0 Å². The van der Waals surface area contributed by atoms with Crippen molar-refractivity contribution >= 4 is 45.6 Å². The van der Waals surface area contributed by atoms with Gasteiger partial charge in [0.05, 0.1) is 22.8 Å². The maximum atomic E-state index is 12.5. The number of methoxy groups -OCH3 is 1. The van der Waals surface area contributed by atoms with Crippen molar-refractivity contribution in [1.82, 2.24) is 4.98 Å². The minimum absolute atomic E-state index is 0.150. The fourth-order valence-corrected chi connectivity index (χ4v) is 3.79. The van der Waals surface area contributed by atoms with Gasteiger partial charge in [0.1, 0.15) is 11.5 Å². The number of amides is 1. The van der Waals surface area contributed by atoms with Crippen LogP contribution >= 0.6 is 34.5 Å². The molecule has 1 N–H and O–H groups in total. The first-order chi connectivity index (χ1) is 14.0. The van der Waals surface area contributed by atoms with Crippen LogP contribution in [-0.4, -0.2) is 18.0 Å². The number of nitrogens with one attached hydrogen (secondary N) is 1. The van der Waals surface area contributed by atoms with Crippen LogP contribution in [0.2, 0.25) is 10.0 Å². The second-order valence-electron chi connectivity index (χ2n) is 5.99. The van der Waals surface area contributed by atoms with Crippen molar-refractivity contribution in [3.8, 4) is 28.3 Å². The van der Waals surface area contributed by atoms with Crippen LogP contribution in [0.3, 0.4) is 0 Å². The first kappa shape index (κ1) is 19.5. The molecular formula is C21H14Cl2N2O3S. The number of benzene rings is 2. The standard InChI is InChI=1S/C21H14Cl2N2O3S/c1-27-13-7-5-12(6-8-13)16-11-29-21(24-16)25-20(26)18-10-9-17(28-18)14-3-2-4-15(22)19(14)23/h2-11H,1H3,(H,24,25,26). The van der Waals surface area contributed by atoms with Gasteiger partial charge in [0.2, 0.25) is 0 Å². The smallest absolute Gasteiger partial charge is 0.293 e. The maximum Gasteiger partial charge on any atom is 0.293 e. The lowest BCUT2D eigenvalue weighted by Crippen LogP contribution is -2.10. The summed E-state index contributed by atoms with van der Waals surface area (Å²) in [6.45, 7) is 0. The van der Waals surface area contributed by atoms with E-state index < -0.39 is 5.91 Å². The molecular weight excluding hydrogens is 431 g/mol. The van der Waals surface area contributed by atoms with E-state index in [0.717, 1.165) is 17.0 Å². The van der Waals surface area contributed by atoms with Crippen LogP contribution in [0.25, 0.3) is 22.6 Å². The Balaban J connectivity index is 1.49. The van der Waals surface area contributed by atoms with Gasteiger partial charge in [-0.2, -0.15) is 0 Å². The van der Waals surface area contributed by atoms with E-state index >= 15 is 0 Å². The van der Waals surface area contributed by atoms with Gasteiger partial charge in [0.25, 0.3) is 5.91 Å². The highest BCUT2D eigenvalue weighted by Crippen LogP contribution is 2.34. The van der Waals surface area contributed by atoms with Gasteiger partial charge in [-0.15, -0.1) is 11.3 Å². The number of hydrogen-bond acceptors (Lipinski definition) is 5. The lowest BCUT2D eigenvalue weighted by molar-refractivity contribution is 0.0997. The van der Waals surface area contributed by atoms with E-state index in [1.165, 1.54) is 11.3 Å². The molecule has 0 atom stereocenters. The molecule has 8 heteroatoms. The van der Waals surface area contributed by atoms with E-state index in [9.17, 15) is 4.79 Å². The fourth-order valence-electron chi connectivity index (χ4n) is 2.68. The summed E-state index contributed by atoms with van der Waals surface area (Å²) in [6.07, 6.45) is 0. The molecule has 4 aromatic rings. The normalized spacial score (nSPS) is 10.7. The molecule has 146 valence electrons. The van der Waals surface area contributed by atoms with Crippen LogP contribution in [0.5, 0.6) is 5.75 Å². The Morgan fingerprint density at radius 2 is 1.90 bits per heavy atom. The molecule has 0 radical (unpaired) electrons. The molecule has 0 aliphatic heterocycles. The summed E-state index contributed by atoms with van der Waals surface area (Å²) in [6, 6.07) is 16.0. The minimum atomic E-state index is -0.398. The Bertz CT molecular complexity index is 1170. The van der Waals surface area contributed by atoms with Crippen LogP contribution in [0.15, 0.2) is 64.4 Å². The minimum Gasteiger partial charge on any atom is -0.497 e. The molecule has 0 aliphatic carbocycles. The number of anilines is 1. The maximum absolute atomic E-state index is 12.5. The number of furan rings is 1. The molecule has 1 amide bonds. The summed E-state index contributed by atoms with van der Waals surface area (Å²) < 4.78 is 10.8. The second kappa shape index (κ2) is 8.29. The average Bonchev–Trinajstić information content (AvgIpc) is 3.40. The summed E-state index contributed by atoms with van der Waals surface area (Å²) >= 11 is 13.6. The molecule has 0 bridgehead atoms. The molecule has 4 rings (SSSR count). The zero-order chi connectivity index (χ0) is 20.4. The average molecular weight is 445 g/mol. The van der Waals surface area contributed by atoms with E-state index in [2.05, 4.69) is 10.3 Å². The van der Waals surface area contributed by atoms with Crippen molar-refractivity contribution in [3.63, 3.8) is 0 Å². The quantitative estimate of drug-likeness (QED) is 0.374. The van der Waals surface area contributed by atoms with Crippen molar-refractivity contribution in [2.75, 3.05) is 12.4 Å². The lowest BCUT2D eigenvalue weighted by Gasteiger charge is -2.02. The zero-order valence-electron chi connectivity index (χ0n) is 15.1. The highest BCUT2D eigenvalue weighted by Gasteiger charge is 2.16. The molecule has 29 heavy (non-hydrogen) atoms. The Morgan fingerprint density at radius 1 is 1.10 bits per heavy atom. The largest absolute Gasteiger partial charge is 0.497 e. The third-order valence-electron chi connectivity index (χ3n) is 4.16. The summed E-state index contributed by atoms with van der Waals surface area (Å²) in [5, 5.41) is 5.89. The Labute approximate surface area is 180 Å². The summed E-state index contributed by atoms with van der Waals surface area (Å²) in [5.74, 6) is 0.980. The Kier molecular flexibility index (Phi) is 5.58. The summed E-state index contributed by atoms with van der Waals surface area (Å²) in [7, 11) is 1.62. The number of ether oxygens (including phenoxy) is 1. The Morgan fingerprint density at radius 3 is 2.66 bits per heavy atom. The van der Waals surface area contributed by atoms with Crippen LogP contribution in [0.4, 0.5) is 5.13 Å². The molecule has 0 spiro atoms. The second-order valence-corrected chi connectivity index (χ2v) is 7.63. The van der Waals surface area contributed by atoms with Crippen LogP contribution < -0.4 is 10.1 Å². The first-order valence-corrected chi connectivity index (χ1v) is 10.1. The Hall–Kier alpha value is -2.80. The molecule has 0 fully saturated rings. The number of aromatic nitrogens is 1. The molecule has 0 unspecified atom stereocenters. The molecule has 5 nitrogen and oxygen atoms in total. The lowest BCUT2D eigenvalue weighted by atomic mass is 10.2. The highest BCUT2D eigenvalue weighted by atomic mass is 35.5. The van der Waals surface area contributed by atoms with Gasteiger partial charge in [-0.05, 0) is 48.5 Å². The van der Waals surface area contributed by atoms with E-state index in [1.54, 1.807) is 37.4 Å². The van der Waals surface area contributed by atoms with Crippen molar-refractivity contribution in [2.24, 2.45) is 0 Å². The fraction of sp³-hybridized carbons (Fsp3) is 0.0476. The number of rotatable bonds is 5. The predicted molar refractivity (Wildman–Crippen MR) is 116 cm³/mol. The van der Waals surface area contributed by atoms with E-state index in [1.807, 2.05) is 29.6 Å². The van der Waals surface area contributed by atoms with E-state index in [-0.39, 0.29) is 5.76 Å². The van der Waals surface area contributed by atoms with Crippen LogP contribution in [0.1, 0.15) is 10.6 Å². The first-order valence-electron chi connectivity index (χ1n) is 8.50. The summed E-state index contributed by atoms with van der Waals surface area (Å²) in [4.78, 5) is 17.0. The van der Waals surface area contributed by atoms with E-state index in [4.69, 9.17) is 32.4 Å². The van der Waals surface area contributed by atoms with Gasteiger partial charge in [-0.25, -0.2) is 4.98 Å². The SMILES string of the molecule is COc1ccc(-c2csc(NC(=O)c3ccc(-c4cccc(Cl)c4Cl)o3)n2)cc1. The van der Waals surface area contributed by atoms with Crippen LogP contribution in [0, 0.1) is 0 Å². The third-order valence-corrected chi connectivity index (χ3v) is 5.73. The topological polar surface area (TPSA) is 64.4 Å². The molecule has 2 aromatic heterocycles. The zero-order valence-corrected chi connectivity index (χ0v) is 17.4. The number of carbonyl (C=O) groups is 1. The number of carbonyl (C=O) groups excluding carboxylic acids is 1. The predicted octanol–water partition coefficient (Wildman–Crippen LogP) is 6.64. The van der Waals surface area contributed by atoms with E-state index in [0.29, 0.717) is 26.5 Å². The van der Waals surface area contributed by atoms with Crippen molar-refractivity contribution < 1.29 is 13.9 Å². The number of nitrogens with zero attached hydrogens (tertiary/aromatic N) is 1. The van der Waals surface area contributed by atoms with Gasteiger partial charge in [-0.3, -0.25) is 10.1 Å². The van der Waals surface area contributed by atoms with Gasteiger partial charge in [-0.1, -0.05) is 29.3 Å². The molecule has 0 aliphatic rings. The molecule has 2 heterocycles. The van der Waals surface area contributed by atoms with Crippen molar-refractivity contribution in [2.45, 2.75) is 0 Å². The van der Waals surface area contributed by atoms with Gasteiger partial charge in [0.15, 0.2) is 10.9 Å². The molecule has 2 aromatic carbocycles. The van der Waals surface area contributed by atoms with Gasteiger partial charge >= 0.3 is 0 Å². The number of hydrogen-bond donors (Lipinski definition) is 1. The summed E-state index contributed by atoms with van der Waals surface area (Å²) in [5.41, 5.74) is 2.31. The van der Waals surface area contributed by atoms with Gasteiger partial charge in [0, 0.05) is 16.5 Å².